The second-order valence-electron chi connectivity index (χ2n) is 4.79. The summed E-state index contributed by atoms with van der Waals surface area (Å²) < 4.78 is 4.98. The smallest absolute Gasteiger partial charge is 0.408 e. The van der Waals surface area contributed by atoms with Gasteiger partial charge in [-0.25, -0.2) is 4.79 Å². The van der Waals surface area contributed by atoms with Crippen molar-refractivity contribution in [1.82, 2.24) is 15.2 Å². The summed E-state index contributed by atoms with van der Waals surface area (Å²) in [7, 11) is 1.94. The van der Waals surface area contributed by atoms with E-state index in [2.05, 4.69) is 10.3 Å². The first-order valence-corrected chi connectivity index (χ1v) is 6.23. The van der Waals surface area contributed by atoms with Crippen LogP contribution in [-0.4, -0.2) is 48.4 Å². The van der Waals surface area contributed by atoms with Crippen LogP contribution in [0.15, 0.2) is 27.4 Å². The van der Waals surface area contributed by atoms with E-state index in [1.165, 1.54) is 0 Å². The minimum atomic E-state index is -0.504. The number of Topliss-reactive ketones (excluding diaryl/α,β-unsaturated/α-hetero) is 1. The van der Waals surface area contributed by atoms with E-state index in [0.29, 0.717) is 23.2 Å². The minimum absolute atomic E-state index is 0.0421. The van der Waals surface area contributed by atoms with Gasteiger partial charge in [0.25, 0.3) is 0 Å². The summed E-state index contributed by atoms with van der Waals surface area (Å²) in [4.78, 5) is 28.1. The molecule has 6 heteroatoms. The van der Waals surface area contributed by atoms with Crippen LogP contribution in [0.5, 0.6) is 0 Å². The van der Waals surface area contributed by atoms with E-state index in [1.54, 1.807) is 18.2 Å². The van der Waals surface area contributed by atoms with Gasteiger partial charge in [0.05, 0.1) is 11.6 Å². The molecule has 1 aliphatic rings. The zero-order valence-corrected chi connectivity index (χ0v) is 10.6. The zero-order valence-electron chi connectivity index (χ0n) is 10.6. The molecular weight excluding hydrogens is 246 g/mol. The highest BCUT2D eigenvalue weighted by Crippen LogP contribution is 2.16. The number of aromatic nitrogens is 1. The van der Waals surface area contributed by atoms with Gasteiger partial charge in [-0.15, -0.1) is 0 Å². The number of carbonyl (C=O) groups is 1. The summed E-state index contributed by atoms with van der Waals surface area (Å²) in [5, 5.41) is 3.22. The first-order chi connectivity index (χ1) is 9.15. The Morgan fingerprint density at radius 1 is 1.47 bits per heavy atom. The monoisotopic (exact) mass is 261 g/mol. The molecule has 1 aromatic carbocycles. The molecule has 0 amide bonds. The summed E-state index contributed by atoms with van der Waals surface area (Å²) in [5.74, 6) is -0.462. The van der Waals surface area contributed by atoms with Crippen LogP contribution in [-0.2, 0) is 0 Å². The first-order valence-electron chi connectivity index (χ1n) is 6.23. The van der Waals surface area contributed by atoms with E-state index < -0.39 is 5.76 Å². The number of rotatable bonds is 2. The first kappa shape index (κ1) is 12.1. The normalized spacial score (nSPS) is 20.8. The summed E-state index contributed by atoms with van der Waals surface area (Å²) in [5.41, 5.74) is 1.59. The predicted octanol–water partition coefficient (Wildman–Crippen LogP) is 0.207. The molecule has 6 nitrogen and oxygen atoms in total. The van der Waals surface area contributed by atoms with Crippen molar-refractivity contribution >= 4 is 16.9 Å². The molecule has 3 rings (SSSR count). The fraction of sp³-hybridized carbons (Fsp3) is 0.385. The van der Waals surface area contributed by atoms with Crippen LogP contribution in [0.2, 0.25) is 0 Å². The number of H-pyrrole nitrogens is 1. The Morgan fingerprint density at radius 3 is 3.11 bits per heavy atom. The molecule has 19 heavy (non-hydrogen) atoms. The van der Waals surface area contributed by atoms with E-state index in [-0.39, 0.29) is 11.8 Å². The van der Waals surface area contributed by atoms with Crippen molar-refractivity contribution in [2.75, 3.05) is 26.7 Å². The Bertz CT molecular complexity index is 673. The number of hydrogen-bond donors (Lipinski definition) is 2. The Balaban J connectivity index is 1.94. The molecule has 1 saturated heterocycles. The standard InChI is InChI=1S/C13H15N3O3/c1-16-5-4-14-7-10(16)12(17)8-2-3-9-11(6-8)19-13(18)15-9/h2-3,6,10,14H,4-5,7H2,1H3,(H,15,18). The molecule has 2 heterocycles. The van der Waals surface area contributed by atoms with Crippen LogP contribution in [0.1, 0.15) is 10.4 Å². The lowest BCUT2D eigenvalue weighted by molar-refractivity contribution is 0.0819. The molecule has 1 atom stereocenters. The van der Waals surface area contributed by atoms with Gasteiger partial charge in [0.15, 0.2) is 11.4 Å². The van der Waals surface area contributed by atoms with Crippen LogP contribution in [0.4, 0.5) is 0 Å². The van der Waals surface area contributed by atoms with Crippen LogP contribution < -0.4 is 11.1 Å². The molecule has 1 aromatic heterocycles. The topological polar surface area (TPSA) is 78.3 Å². The number of benzene rings is 1. The number of aromatic amines is 1. The lowest BCUT2D eigenvalue weighted by Crippen LogP contribution is -2.53. The zero-order chi connectivity index (χ0) is 13.4. The maximum Gasteiger partial charge on any atom is 0.417 e. The van der Waals surface area contributed by atoms with E-state index in [9.17, 15) is 9.59 Å². The van der Waals surface area contributed by atoms with Crippen LogP contribution in [0.25, 0.3) is 11.1 Å². The van der Waals surface area contributed by atoms with Crippen LogP contribution >= 0.6 is 0 Å². The molecule has 1 unspecified atom stereocenters. The highest BCUT2D eigenvalue weighted by Gasteiger charge is 2.26. The third-order valence-electron chi connectivity index (χ3n) is 3.52. The van der Waals surface area contributed by atoms with Crippen molar-refractivity contribution in [1.29, 1.82) is 0 Å². The number of oxazole rings is 1. The number of ketones is 1. The highest BCUT2D eigenvalue weighted by molar-refractivity contribution is 6.02. The van der Waals surface area contributed by atoms with Gasteiger partial charge in [0, 0.05) is 25.2 Å². The molecule has 1 aliphatic heterocycles. The molecular formula is C13H15N3O3. The Hall–Kier alpha value is -1.92. The van der Waals surface area contributed by atoms with Gasteiger partial charge in [0.1, 0.15) is 0 Å². The molecule has 0 radical (unpaired) electrons. The average molecular weight is 261 g/mol. The van der Waals surface area contributed by atoms with Crippen molar-refractivity contribution in [3.8, 4) is 0 Å². The van der Waals surface area contributed by atoms with Crippen LogP contribution in [0, 0.1) is 0 Å². The number of hydrogen-bond acceptors (Lipinski definition) is 5. The molecule has 100 valence electrons. The fourth-order valence-corrected chi connectivity index (χ4v) is 2.39. The van der Waals surface area contributed by atoms with Gasteiger partial charge in [-0.1, -0.05) is 0 Å². The largest absolute Gasteiger partial charge is 0.417 e. The lowest BCUT2D eigenvalue weighted by Gasteiger charge is -2.31. The van der Waals surface area contributed by atoms with Crippen LogP contribution in [0.3, 0.4) is 0 Å². The SMILES string of the molecule is CN1CCNCC1C(=O)c1ccc2[nH]c(=O)oc2c1. The van der Waals surface area contributed by atoms with Gasteiger partial charge in [-0.05, 0) is 25.2 Å². The lowest BCUT2D eigenvalue weighted by atomic mass is 10.0. The van der Waals surface area contributed by atoms with E-state index in [4.69, 9.17) is 4.42 Å². The van der Waals surface area contributed by atoms with Gasteiger partial charge in [0.2, 0.25) is 0 Å². The number of piperazine rings is 1. The number of fused-ring (bicyclic) bond motifs is 1. The van der Waals surface area contributed by atoms with Gasteiger partial charge in [-0.2, -0.15) is 0 Å². The third kappa shape index (κ3) is 2.20. The quantitative estimate of drug-likeness (QED) is 0.755. The van der Waals surface area contributed by atoms with Crippen molar-refractivity contribution < 1.29 is 9.21 Å². The van der Waals surface area contributed by atoms with E-state index in [1.807, 2.05) is 11.9 Å². The average Bonchev–Trinajstić information content (AvgIpc) is 2.77. The second-order valence-corrected chi connectivity index (χ2v) is 4.79. The van der Waals surface area contributed by atoms with E-state index in [0.717, 1.165) is 13.1 Å². The number of carbonyl (C=O) groups excluding carboxylic acids is 1. The summed E-state index contributed by atoms with van der Waals surface area (Å²) in [6.45, 7) is 2.38. The third-order valence-corrected chi connectivity index (χ3v) is 3.52. The molecule has 1 fully saturated rings. The highest BCUT2D eigenvalue weighted by atomic mass is 16.4. The second kappa shape index (κ2) is 4.64. The van der Waals surface area contributed by atoms with Crippen molar-refractivity contribution in [3.05, 3.63) is 34.3 Å². The number of likely N-dealkylation sites (N-methyl/N-ethyl adjacent to an activating group) is 1. The van der Waals surface area contributed by atoms with Crippen molar-refractivity contribution in [2.45, 2.75) is 6.04 Å². The van der Waals surface area contributed by atoms with Crippen molar-refractivity contribution in [2.24, 2.45) is 0 Å². The number of nitrogens with zero attached hydrogens (tertiary/aromatic N) is 1. The van der Waals surface area contributed by atoms with Crippen molar-refractivity contribution in [3.63, 3.8) is 0 Å². The Kier molecular flexibility index (Phi) is 2.96. The maximum atomic E-state index is 12.4. The summed E-state index contributed by atoms with van der Waals surface area (Å²) in [6, 6.07) is 4.87. The molecule has 2 N–H and O–H groups in total. The van der Waals surface area contributed by atoms with E-state index >= 15 is 0 Å². The van der Waals surface area contributed by atoms with Gasteiger partial charge in [-0.3, -0.25) is 14.7 Å². The fourth-order valence-electron chi connectivity index (χ4n) is 2.39. The summed E-state index contributed by atoms with van der Waals surface area (Å²) in [6.07, 6.45) is 0. The minimum Gasteiger partial charge on any atom is -0.408 e. The van der Waals surface area contributed by atoms with Gasteiger partial charge < -0.3 is 9.73 Å². The summed E-state index contributed by atoms with van der Waals surface area (Å²) >= 11 is 0. The molecule has 0 spiro atoms. The Labute approximate surface area is 109 Å². The molecule has 0 saturated carbocycles. The van der Waals surface area contributed by atoms with Gasteiger partial charge >= 0.3 is 5.76 Å². The maximum absolute atomic E-state index is 12.4. The Morgan fingerprint density at radius 2 is 2.32 bits per heavy atom. The molecule has 0 bridgehead atoms. The molecule has 0 aliphatic carbocycles. The predicted molar refractivity (Wildman–Crippen MR) is 70.5 cm³/mol. The number of nitrogens with one attached hydrogen (secondary N) is 2. The molecule has 2 aromatic rings.